The summed E-state index contributed by atoms with van der Waals surface area (Å²) in [6.07, 6.45) is -0.606. The van der Waals surface area contributed by atoms with Crippen LogP contribution in [-0.2, 0) is 14.3 Å². The molecule has 0 aromatic rings. The SMILES string of the molecule is CC(=O)N1CCN(C(=O)C(C)NC(=O)OC(C)(C)C)CC1. The lowest BCUT2D eigenvalue weighted by molar-refractivity contribution is -0.139. The second-order valence-electron chi connectivity index (χ2n) is 6.20. The van der Waals surface area contributed by atoms with E-state index in [1.807, 2.05) is 0 Å². The number of nitrogens with zero attached hydrogens (tertiary/aromatic N) is 2. The molecular weight excluding hydrogens is 274 g/mol. The Morgan fingerprint density at radius 3 is 1.95 bits per heavy atom. The Balaban J connectivity index is 2.45. The first-order valence-electron chi connectivity index (χ1n) is 7.14. The van der Waals surface area contributed by atoms with E-state index in [4.69, 9.17) is 4.74 Å². The molecule has 1 atom stereocenters. The van der Waals surface area contributed by atoms with Crippen LogP contribution in [0.5, 0.6) is 0 Å². The number of ether oxygens (including phenoxy) is 1. The van der Waals surface area contributed by atoms with Gasteiger partial charge in [-0.15, -0.1) is 0 Å². The first kappa shape index (κ1) is 17.3. The average Bonchev–Trinajstić information content (AvgIpc) is 2.35. The highest BCUT2D eigenvalue weighted by molar-refractivity contribution is 5.85. The molecule has 21 heavy (non-hydrogen) atoms. The molecule has 7 nitrogen and oxygen atoms in total. The highest BCUT2D eigenvalue weighted by Gasteiger charge is 2.27. The first-order valence-corrected chi connectivity index (χ1v) is 7.14. The summed E-state index contributed by atoms with van der Waals surface area (Å²) in [5, 5.41) is 2.53. The third-order valence-electron chi connectivity index (χ3n) is 3.14. The molecule has 1 unspecified atom stereocenters. The monoisotopic (exact) mass is 299 g/mol. The van der Waals surface area contributed by atoms with Gasteiger partial charge in [0.2, 0.25) is 11.8 Å². The fourth-order valence-corrected chi connectivity index (χ4v) is 2.06. The van der Waals surface area contributed by atoms with Gasteiger partial charge in [-0.2, -0.15) is 0 Å². The topological polar surface area (TPSA) is 79.0 Å². The van der Waals surface area contributed by atoms with Crippen LogP contribution in [0, 0.1) is 0 Å². The summed E-state index contributed by atoms with van der Waals surface area (Å²) in [5.41, 5.74) is -0.597. The number of amides is 3. The third kappa shape index (κ3) is 5.61. The van der Waals surface area contributed by atoms with Gasteiger partial charge in [0.25, 0.3) is 0 Å². The van der Waals surface area contributed by atoms with E-state index in [-0.39, 0.29) is 11.8 Å². The lowest BCUT2D eigenvalue weighted by atomic mass is 10.2. The summed E-state index contributed by atoms with van der Waals surface area (Å²) in [4.78, 5) is 38.5. The second kappa shape index (κ2) is 6.78. The van der Waals surface area contributed by atoms with Gasteiger partial charge >= 0.3 is 6.09 Å². The van der Waals surface area contributed by atoms with Crippen LogP contribution in [0.2, 0.25) is 0 Å². The summed E-state index contributed by atoms with van der Waals surface area (Å²) in [5.74, 6) is -0.147. The van der Waals surface area contributed by atoms with E-state index in [9.17, 15) is 14.4 Å². The van der Waals surface area contributed by atoms with Crippen molar-refractivity contribution in [3.05, 3.63) is 0 Å². The van der Waals surface area contributed by atoms with Crippen molar-refractivity contribution in [1.82, 2.24) is 15.1 Å². The van der Waals surface area contributed by atoms with Gasteiger partial charge in [-0.05, 0) is 27.7 Å². The number of hydrogen-bond donors (Lipinski definition) is 1. The van der Waals surface area contributed by atoms with Crippen molar-refractivity contribution >= 4 is 17.9 Å². The van der Waals surface area contributed by atoms with Gasteiger partial charge in [0.1, 0.15) is 11.6 Å². The lowest BCUT2D eigenvalue weighted by Gasteiger charge is -2.35. The predicted octanol–water partition coefficient (Wildman–Crippen LogP) is 0.590. The van der Waals surface area contributed by atoms with Crippen molar-refractivity contribution in [3.8, 4) is 0 Å². The maximum absolute atomic E-state index is 12.2. The van der Waals surface area contributed by atoms with E-state index in [2.05, 4.69) is 5.32 Å². The number of piperazine rings is 1. The Kier molecular flexibility index (Phi) is 5.57. The summed E-state index contributed by atoms with van der Waals surface area (Å²) in [6, 6.07) is -0.649. The van der Waals surface area contributed by atoms with Gasteiger partial charge in [0.15, 0.2) is 0 Å². The first-order chi connectivity index (χ1) is 9.60. The predicted molar refractivity (Wildman–Crippen MR) is 77.7 cm³/mol. The molecule has 1 aliphatic rings. The zero-order valence-corrected chi connectivity index (χ0v) is 13.4. The van der Waals surface area contributed by atoms with Gasteiger partial charge in [0, 0.05) is 33.1 Å². The molecular formula is C14H25N3O4. The smallest absolute Gasteiger partial charge is 0.408 e. The highest BCUT2D eigenvalue weighted by Crippen LogP contribution is 2.08. The summed E-state index contributed by atoms with van der Waals surface area (Å²) < 4.78 is 5.12. The molecule has 0 spiro atoms. The van der Waals surface area contributed by atoms with Crippen molar-refractivity contribution in [1.29, 1.82) is 0 Å². The summed E-state index contributed by atoms with van der Waals surface area (Å²) >= 11 is 0. The minimum Gasteiger partial charge on any atom is -0.444 e. The van der Waals surface area contributed by atoms with Crippen LogP contribution in [0.4, 0.5) is 4.79 Å². The molecule has 1 saturated heterocycles. The fraction of sp³-hybridized carbons (Fsp3) is 0.786. The molecule has 120 valence electrons. The number of carbonyl (C=O) groups is 3. The van der Waals surface area contributed by atoms with Gasteiger partial charge in [-0.1, -0.05) is 0 Å². The number of rotatable bonds is 2. The quantitative estimate of drug-likeness (QED) is 0.809. The third-order valence-corrected chi connectivity index (χ3v) is 3.14. The lowest BCUT2D eigenvalue weighted by Crippen LogP contribution is -2.55. The summed E-state index contributed by atoms with van der Waals surface area (Å²) in [6.45, 7) is 10.5. The van der Waals surface area contributed by atoms with E-state index in [0.29, 0.717) is 26.2 Å². The number of hydrogen-bond acceptors (Lipinski definition) is 4. The van der Waals surface area contributed by atoms with E-state index in [1.165, 1.54) is 6.92 Å². The molecule has 1 rings (SSSR count). The molecule has 1 fully saturated rings. The molecule has 0 bridgehead atoms. The fourth-order valence-electron chi connectivity index (χ4n) is 2.06. The molecule has 7 heteroatoms. The van der Waals surface area contributed by atoms with Crippen molar-refractivity contribution in [2.45, 2.75) is 46.3 Å². The molecule has 3 amide bonds. The van der Waals surface area contributed by atoms with Gasteiger partial charge in [-0.3, -0.25) is 9.59 Å². The largest absolute Gasteiger partial charge is 0.444 e. The van der Waals surface area contributed by atoms with Crippen LogP contribution in [0.3, 0.4) is 0 Å². The molecule has 0 aromatic heterocycles. The Hall–Kier alpha value is -1.79. The molecule has 1 aliphatic heterocycles. The average molecular weight is 299 g/mol. The molecule has 0 aromatic carbocycles. The Morgan fingerprint density at radius 1 is 1.05 bits per heavy atom. The van der Waals surface area contributed by atoms with Crippen molar-refractivity contribution < 1.29 is 19.1 Å². The molecule has 0 radical (unpaired) electrons. The van der Waals surface area contributed by atoms with Crippen LogP contribution >= 0.6 is 0 Å². The second-order valence-corrected chi connectivity index (χ2v) is 6.20. The van der Waals surface area contributed by atoms with Gasteiger partial charge < -0.3 is 19.9 Å². The summed E-state index contributed by atoms with van der Waals surface area (Å²) in [7, 11) is 0. The van der Waals surface area contributed by atoms with Crippen LogP contribution in [0.15, 0.2) is 0 Å². The van der Waals surface area contributed by atoms with Crippen molar-refractivity contribution in [3.63, 3.8) is 0 Å². The van der Waals surface area contributed by atoms with Gasteiger partial charge in [-0.25, -0.2) is 4.79 Å². The van der Waals surface area contributed by atoms with Crippen LogP contribution < -0.4 is 5.32 Å². The van der Waals surface area contributed by atoms with Crippen LogP contribution in [-0.4, -0.2) is 65.5 Å². The molecule has 1 N–H and O–H groups in total. The van der Waals surface area contributed by atoms with E-state index in [0.717, 1.165) is 0 Å². The maximum Gasteiger partial charge on any atom is 0.408 e. The van der Waals surface area contributed by atoms with Crippen molar-refractivity contribution in [2.75, 3.05) is 26.2 Å². The van der Waals surface area contributed by atoms with Crippen LogP contribution in [0.25, 0.3) is 0 Å². The molecule has 0 aliphatic carbocycles. The normalized spacial score (nSPS) is 17.2. The zero-order valence-electron chi connectivity index (χ0n) is 13.4. The number of nitrogens with one attached hydrogen (secondary N) is 1. The van der Waals surface area contributed by atoms with E-state index in [1.54, 1.807) is 37.5 Å². The number of carbonyl (C=O) groups excluding carboxylic acids is 3. The molecule has 0 saturated carbocycles. The van der Waals surface area contributed by atoms with E-state index < -0.39 is 17.7 Å². The minimum absolute atomic E-state index is 0.0158. The van der Waals surface area contributed by atoms with Gasteiger partial charge in [0.05, 0.1) is 0 Å². The maximum atomic E-state index is 12.2. The zero-order chi connectivity index (χ0) is 16.2. The van der Waals surface area contributed by atoms with E-state index >= 15 is 0 Å². The van der Waals surface area contributed by atoms with Crippen LogP contribution in [0.1, 0.15) is 34.6 Å². The highest BCUT2D eigenvalue weighted by atomic mass is 16.6. The minimum atomic E-state index is -0.649. The standard InChI is InChI=1S/C14H25N3O4/c1-10(15-13(20)21-14(3,4)5)12(19)17-8-6-16(7-9-17)11(2)18/h10H,6-9H2,1-5H3,(H,15,20). The van der Waals surface area contributed by atoms with Crippen molar-refractivity contribution in [2.24, 2.45) is 0 Å². The Bertz CT molecular complexity index is 409. The molecule has 1 heterocycles. The number of alkyl carbamates (subject to hydrolysis) is 1. The Labute approximate surface area is 125 Å². The Morgan fingerprint density at radius 2 is 1.52 bits per heavy atom.